The van der Waals surface area contributed by atoms with E-state index in [9.17, 15) is 9.59 Å². The summed E-state index contributed by atoms with van der Waals surface area (Å²) in [5, 5.41) is 22.1. The molecule has 0 rings (SSSR count). The summed E-state index contributed by atoms with van der Waals surface area (Å²) in [6, 6.07) is -1.98. The zero-order valence-electron chi connectivity index (χ0n) is 10.1. The van der Waals surface area contributed by atoms with Crippen LogP contribution < -0.4 is 10.6 Å². The average molecular weight is 232 g/mol. The zero-order valence-corrected chi connectivity index (χ0v) is 10.1. The topological polar surface area (TPSA) is 98.7 Å². The van der Waals surface area contributed by atoms with Crippen LogP contribution in [0, 0.1) is 5.41 Å². The van der Waals surface area contributed by atoms with E-state index in [1.807, 2.05) is 27.7 Å². The van der Waals surface area contributed by atoms with Crippen LogP contribution in [0.1, 0.15) is 27.7 Å². The molecule has 1 unspecified atom stereocenters. The van der Waals surface area contributed by atoms with E-state index in [4.69, 9.17) is 10.2 Å². The number of urea groups is 1. The molecule has 0 aliphatic rings. The van der Waals surface area contributed by atoms with E-state index in [1.54, 1.807) is 0 Å². The number of aliphatic carboxylic acids is 1. The molecule has 0 aromatic carbocycles. The lowest BCUT2D eigenvalue weighted by Crippen LogP contribution is -2.52. The average Bonchev–Trinajstić information content (AvgIpc) is 2.11. The highest BCUT2D eigenvalue weighted by Gasteiger charge is 2.24. The summed E-state index contributed by atoms with van der Waals surface area (Å²) in [5.74, 6) is -1.26. The molecule has 94 valence electrons. The van der Waals surface area contributed by atoms with Crippen molar-refractivity contribution in [2.75, 3.05) is 6.61 Å². The second-order valence-electron chi connectivity index (χ2n) is 4.78. The maximum Gasteiger partial charge on any atom is 0.328 e. The zero-order chi connectivity index (χ0) is 12.9. The van der Waals surface area contributed by atoms with Crippen molar-refractivity contribution in [1.82, 2.24) is 10.6 Å². The molecule has 0 aromatic rings. The van der Waals surface area contributed by atoms with Crippen molar-refractivity contribution in [2.45, 2.75) is 39.8 Å². The van der Waals surface area contributed by atoms with Crippen molar-refractivity contribution in [2.24, 2.45) is 5.41 Å². The standard InChI is InChI=1S/C10H20N2O4/c1-6(10(2,3)4)11-9(16)12-7(5-13)8(14)15/h6-7,13H,5H2,1-4H3,(H,14,15)(H2,11,12,16)/t6?,7-/m0/s1. The monoisotopic (exact) mass is 232 g/mol. The minimum absolute atomic E-state index is 0.111. The number of carbonyl (C=O) groups excluding carboxylic acids is 1. The molecule has 0 bridgehead atoms. The first-order chi connectivity index (χ1) is 7.18. The Bertz CT molecular complexity index is 260. The molecule has 2 amide bonds. The van der Waals surface area contributed by atoms with Crippen molar-refractivity contribution in [3.63, 3.8) is 0 Å². The van der Waals surface area contributed by atoms with Crippen LogP contribution in [0.3, 0.4) is 0 Å². The molecule has 0 saturated heterocycles. The largest absolute Gasteiger partial charge is 0.480 e. The van der Waals surface area contributed by atoms with Gasteiger partial charge in [0.05, 0.1) is 6.61 Å². The summed E-state index contributed by atoms with van der Waals surface area (Å²) in [6.07, 6.45) is 0. The molecule has 0 aliphatic heterocycles. The van der Waals surface area contributed by atoms with Gasteiger partial charge in [0.2, 0.25) is 0 Å². The van der Waals surface area contributed by atoms with Crippen LogP contribution in [0.15, 0.2) is 0 Å². The highest BCUT2D eigenvalue weighted by molar-refractivity contribution is 5.82. The van der Waals surface area contributed by atoms with E-state index in [-0.39, 0.29) is 11.5 Å². The molecule has 0 radical (unpaired) electrons. The summed E-state index contributed by atoms with van der Waals surface area (Å²) in [4.78, 5) is 21.9. The number of aliphatic hydroxyl groups is 1. The Balaban J connectivity index is 4.23. The van der Waals surface area contributed by atoms with Crippen LogP contribution in [0.5, 0.6) is 0 Å². The molecule has 0 fully saturated rings. The Morgan fingerprint density at radius 3 is 2.06 bits per heavy atom. The first-order valence-electron chi connectivity index (χ1n) is 5.09. The number of amides is 2. The number of rotatable bonds is 4. The molecule has 0 aromatic heterocycles. The van der Waals surface area contributed by atoms with Crippen molar-refractivity contribution < 1.29 is 19.8 Å². The molecule has 0 saturated carbocycles. The predicted octanol–water partition coefficient (Wildman–Crippen LogP) is 0.166. The first-order valence-corrected chi connectivity index (χ1v) is 5.09. The highest BCUT2D eigenvalue weighted by atomic mass is 16.4. The van der Waals surface area contributed by atoms with Crippen LogP contribution in [0.4, 0.5) is 4.79 Å². The Morgan fingerprint density at radius 1 is 1.25 bits per heavy atom. The summed E-state index contributed by atoms with van der Waals surface area (Å²) in [6.45, 7) is 7.07. The maximum absolute atomic E-state index is 11.4. The van der Waals surface area contributed by atoms with Gasteiger partial charge in [-0.3, -0.25) is 0 Å². The second kappa shape index (κ2) is 5.69. The number of carboxylic acid groups (broad SMARTS) is 1. The van der Waals surface area contributed by atoms with Crippen molar-refractivity contribution in [3.8, 4) is 0 Å². The smallest absolute Gasteiger partial charge is 0.328 e. The lowest BCUT2D eigenvalue weighted by molar-refractivity contribution is -0.140. The van der Waals surface area contributed by atoms with Gasteiger partial charge in [0, 0.05) is 6.04 Å². The molecule has 16 heavy (non-hydrogen) atoms. The summed E-state index contributed by atoms with van der Waals surface area (Å²) in [7, 11) is 0. The van der Waals surface area contributed by atoms with E-state index in [1.165, 1.54) is 0 Å². The SMILES string of the molecule is CC(NC(=O)N[C@@H](CO)C(=O)O)C(C)(C)C. The van der Waals surface area contributed by atoms with Gasteiger partial charge < -0.3 is 20.8 Å². The minimum atomic E-state index is -1.27. The van der Waals surface area contributed by atoms with Gasteiger partial charge in [-0.15, -0.1) is 0 Å². The van der Waals surface area contributed by atoms with E-state index < -0.39 is 24.6 Å². The normalized spacial score (nSPS) is 15.1. The fourth-order valence-corrected chi connectivity index (χ4v) is 0.799. The number of aliphatic hydroxyl groups excluding tert-OH is 1. The molecule has 6 nitrogen and oxygen atoms in total. The Morgan fingerprint density at radius 2 is 1.75 bits per heavy atom. The number of hydrogen-bond acceptors (Lipinski definition) is 3. The third kappa shape index (κ3) is 4.97. The van der Waals surface area contributed by atoms with E-state index in [0.29, 0.717) is 0 Å². The number of nitrogens with one attached hydrogen (secondary N) is 2. The van der Waals surface area contributed by atoms with Crippen molar-refractivity contribution >= 4 is 12.0 Å². The van der Waals surface area contributed by atoms with Crippen LogP contribution in [0.2, 0.25) is 0 Å². The molecule has 6 heteroatoms. The molecule has 2 atom stereocenters. The van der Waals surface area contributed by atoms with Crippen LogP contribution in [-0.4, -0.2) is 40.9 Å². The Hall–Kier alpha value is -1.30. The predicted molar refractivity (Wildman–Crippen MR) is 59.1 cm³/mol. The maximum atomic E-state index is 11.4. The fourth-order valence-electron chi connectivity index (χ4n) is 0.799. The lowest BCUT2D eigenvalue weighted by Gasteiger charge is -2.28. The van der Waals surface area contributed by atoms with Crippen LogP contribution >= 0.6 is 0 Å². The van der Waals surface area contributed by atoms with Gasteiger partial charge in [-0.2, -0.15) is 0 Å². The summed E-state index contributed by atoms with van der Waals surface area (Å²) < 4.78 is 0. The van der Waals surface area contributed by atoms with Crippen LogP contribution in [0.25, 0.3) is 0 Å². The molecule has 0 spiro atoms. The summed E-state index contributed by atoms with van der Waals surface area (Å²) in [5.41, 5.74) is -0.116. The van der Waals surface area contributed by atoms with Crippen LogP contribution in [-0.2, 0) is 4.79 Å². The Kier molecular flexibility index (Phi) is 5.23. The highest BCUT2D eigenvalue weighted by Crippen LogP contribution is 2.18. The second-order valence-corrected chi connectivity index (χ2v) is 4.78. The lowest BCUT2D eigenvalue weighted by atomic mass is 9.88. The number of hydrogen-bond donors (Lipinski definition) is 4. The Labute approximate surface area is 95.0 Å². The van der Waals surface area contributed by atoms with Crippen molar-refractivity contribution in [3.05, 3.63) is 0 Å². The van der Waals surface area contributed by atoms with E-state index in [0.717, 1.165) is 0 Å². The fraction of sp³-hybridized carbons (Fsp3) is 0.800. The molecular formula is C10H20N2O4. The van der Waals surface area contributed by atoms with Gasteiger partial charge in [0.25, 0.3) is 0 Å². The van der Waals surface area contributed by atoms with Gasteiger partial charge in [-0.1, -0.05) is 20.8 Å². The molecule has 4 N–H and O–H groups in total. The number of carbonyl (C=O) groups is 2. The third-order valence-corrected chi connectivity index (χ3v) is 2.43. The third-order valence-electron chi connectivity index (χ3n) is 2.43. The van der Waals surface area contributed by atoms with Crippen molar-refractivity contribution in [1.29, 1.82) is 0 Å². The molecular weight excluding hydrogens is 212 g/mol. The quantitative estimate of drug-likeness (QED) is 0.555. The van der Waals surface area contributed by atoms with Gasteiger partial charge >= 0.3 is 12.0 Å². The number of carboxylic acids is 1. The molecule has 0 aliphatic carbocycles. The van der Waals surface area contributed by atoms with Gasteiger partial charge in [-0.25, -0.2) is 9.59 Å². The van der Waals surface area contributed by atoms with Gasteiger partial charge in [-0.05, 0) is 12.3 Å². The van der Waals surface area contributed by atoms with E-state index in [2.05, 4.69) is 10.6 Å². The summed E-state index contributed by atoms with van der Waals surface area (Å²) >= 11 is 0. The van der Waals surface area contributed by atoms with Gasteiger partial charge in [0.15, 0.2) is 6.04 Å². The van der Waals surface area contributed by atoms with Gasteiger partial charge in [0.1, 0.15) is 0 Å². The molecule has 0 heterocycles. The van der Waals surface area contributed by atoms with E-state index >= 15 is 0 Å². The first kappa shape index (κ1) is 14.7. The minimum Gasteiger partial charge on any atom is -0.480 e.